The third kappa shape index (κ3) is 6.69. The molecular weight excluding hydrogens is 334 g/mol. The molecule has 1 heterocycles. The second-order valence-electron chi connectivity index (χ2n) is 8.50. The number of rotatable bonds is 10. The van der Waals surface area contributed by atoms with Crippen molar-refractivity contribution in [3.05, 3.63) is 29.8 Å². The lowest BCUT2D eigenvalue weighted by atomic mass is 10.0. The third-order valence-corrected chi connectivity index (χ3v) is 5.23. The molecule has 1 aromatic heterocycles. The van der Waals surface area contributed by atoms with Crippen molar-refractivity contribution in [3.63, 3.8) is 0 Å². The summed E-state index contributed by atoms with van der Waals surface area (Å²) in [5.74, 6) is 1.19. The van der Waals surface area contributed by atoms with E-state index in [0.717, 1.165) is 36.7 Å². The van der Waals surface area contributed by atoms with Gasteiger partial charge in [-0.05, 0) is 83.8 Å². The summed E-state index contributed by atoms with van der Waals surface area (Å²) < 4.78 is 5.80. The number of unbranched alkanes of at least 4 members (excludes halogenated alkanes) is 3. The van der Waals surface area contributed by atoms with E-state index in [0.29, 0.717) is 18.2 Å². The highest BCUT2D eigenvalue weighted by molar-refractivity contribution is 5.83. The summed E-state index contributed by atoms with van der Waals surface area (Å²) in [5.41, 5.74) is 8.58. The topological polar surface area (TPSA) is 51.4 Å². The number of pyridine rings is 1. The molecular formula is C23H37N3O. The van der Waals surface area contributed by atoms with Crippen molar-refractivity contribution in [3.8, 4) is 5.75 Å². The van der Waals surface area contributed by atoms with Crippen LogP contribution in [0.3, 0.4) is 0 Å². The van der Waals surface area contributed by atoms with Gasteiger partial charge in [-0.2, -0.15) is 0 Å². The maximum absolute atomic E-state index is 6.04. The van der Waals surface area contributed by atoms with Crippen LogP contribution in [0.2, 0.25) is 0 Å². The molecule has 0 aliphatic carbocycles. The highest BCUT2D eigenvalue weighted by Crippen LogP contribution is 2.26. The van der Waals surface area contributed by atoms with E-state index in [9.17, 15) is 0 Å². The second kappa shape index (κ2) is 9.93. The molecule has 27 heavy (non-hydrogen) atoms. The molecule has 0 atom stereocenters. The molecule has 2 aromatic rings. The predicted octanol–water partition coefficient (Wildman–Crippen LogP) is 5.44. The van der Waals surface area contributed by atoms with Gasteiger partial charge in [0.15, 0.2) is 11.6 Å². The zero-order chi connectivity index (χ0) is 19.9. The lowest BCUT2D eigenvalue weighted by molar-refractivity contribution is 0.172. The van der Waals surface area contributed by atoms with E-state index in [1.54, 1.807) is 0 Å². The number of hydrogen-bond acceptors (Lipinski definition) is 4. The van der Waals surface area contributed by atoms with Crippen molar-refractivity contribution in [1.82, 2.24) is 9.88 Å². The Labute approximate surface area is 165 Å². The fraction of sp³-hybridized carbons (Fsp3) is 0.609. The highest BCUT2D eigenvalue weighted by atomic mass is 16.5. The van der Waals surface area contributed by atoms with Crippen LogP contribution in [0, 0.1) is 0 Å². The molecule has 0 aliphatic heterocycles. The summed E-state index contributed by atoms with van der Waals surface area (Å²) in [7, 11) is 2.21. The summed E-state index contributed by atoms with van der Waals surface area (Å²) in [6.45, 7) is 10.8. The van der Waals surface area contributed by atoms with Gasteiger partial charge in [-0.3, -0.25) is 0 Å². The first-order valence-electron chi connectivity index (χ1n) is 10.3. The van der Waals surface area contributed by atoms with Crippen LogP contribution in [0.25, 0.3) is 10.9 Å². The Hall–Kier alpha value is -1.81. The number of anilines is 1. The number of ether oxygens (including phenoxy) is 1. The van der Waals surface area contributed by atoms with Crippen molar-refractivity contribution in [1.29, 1.82) is 0 Å². The Morgan fingerprint density at radius 3 is 2.56 bits per heavy atom. The van der Waals surface area contributed by atoms with E-state index in [2.05, 4.69) is 62.8 Å². The lowest BCUT2D eigenvalue weighted by Crippen LogP contribution is -2.38. The number of nitrogen functional groups attached to an aromatic ring is 1. The maximum Gasteiger partial charge on any atom is 0.166 e. The first-order valence-corrected chi connectivity index (χ1v) is 10.3. The molecule has 0 saturated heterocycles. The van der Waals surface area contributed by atoms with Crippen LogP contribution in [-0.2, 0) is 6.42 Å². The first-order chi connectivity index (χ1) is 12.8. The van der Waals surface area contributed by atoms with Gasteiger partial charge >= 0.3 is 0 Å². The van der Waals surface area contributed by atoms with Crippen molar-refractivity contribution < 1.29 is 4.74 Å². The molecule has 0 saturated carbocycles. The van der Waals surface area contributed by atoms with Crippen LogP contribution >= 0.6 is 0 Å². The number of aryl methyl sites for hydroxylation is 1. The monoisotopic (exact) mass is 371 g/mol. The first kappa shape index (κ1) is 21.5. The number of nitrogens with zero attached hydrogens (tertiary/aromatic N) is 2. The number of hydrogen-bond donors (Lipinski definition) is 1. The van der Waals surface area contributed by atoms with Gasteiger partial charge in [-0.25, -0.2) is 4.98 Å². The van der Waals surface area contributed by atoms with Crippen molar-refractivity contribution in [2.45, 2.75) is 71.8 Å². The van der Waals surface area contributed by atoms with Crippen LogP contribution in [-0.4, -0.2) is 35.6 Å². The maximum atomic E-state index is 6.04. The molecule has 0 radical (unpaired) electrons. The van der Waals surface area contributed by atoms with Gasteiger partial charge in [0.1, 0.15) is 0 Å². The Bertz CT molecular complexity index is 721. The number of aromatic nitrogens is 1. The van der Waals surface area contributed by atoms with Crippen molar-refractivity contribution in [2.75, 3.05) is 25.9 Å². The van der Waals surface area contributed by atoms with Gasteiger partial charge in [0.25, 0.3) is 0 Å². The minimum Gasteiger partial charge on any atom is -0.490 e. The van der Waals surface area contributed by atoms with E-state index in [1.807, 2.05) is 6.07 Å². The van der Waals surface area contributed by atoms with E-state index in [-0.39, 0.29) is 5.54 Å². The Kier molecular flexibility index (Phi) is 7.91. The summed E-state index contributed by atoms with van der Waals surface area (Å²) in [6, 6.07) is 8.52. The minimum atomic E-state index is 0.254. The molecule has 0 amide bonds. The molecule has 0 unspecified atom stereocenters. The Morgan fingerprint density at radius 2 is 1.85 bits per heavy atom. The van der Waals surface area contributed by atoms with Gasteiger partial charge in [0.05, 0.1) is 12.1 Å². The number of nitrogens with two attached hydrogens (primary N) is 1. The number of fused-ring (bicyclic) bond motifs is 1. The second-order valence-corrected chi connectivity index (χ2v) is 8.50. The highest BCUT2D eigenvalue weighted by Gasteiger charge is 2.15. The SMILES string of the molecule is CCCCOc1cc2cc(CCCCCN(C)C(C)(C)C)ccc2nc1N. The van der Waals surface area contributed by atoms with Crippen LogP contribution < -0.4 is 10.5 Å². The predicted molar refractivity (Wildman–Crippen MR) is 116 cm³/mol. The van der Waals surface area contributed by atoms with E-state index in [1.165, 1.54) is 24.8 Å². The Morgan fingerprint density at radius 1 is 1.07 bits per heavy atom. The van der Waals surface area contributed by atoms with Crippen LogP contribution in [0.1, 0.15) is 65.4 Å². The van der Waals surface area contributed by atoms with Gasteiger partial charge in [0, 0.05) is 10.9 Å². The summed E-state index contributed by atoms with van der Waals surface area (Å²) in [5, 5.41) is 1.11. The van der Waals surface area contributed by atoms with Gasteiger partial charge < -0.3 is 15.4 Å². The average molecular weight is 372 g/mol. The fourth-order valence-electron chi connectivity index (χ4n) is 3.01. The van der Waals surface area contributed by atoms with Gasteiger partial charge in [0.2, 0.25) is 0 Å². The standard InChI is InChI=1S/C23H37N3O/c1-6-7-15-27-21-17-19-16-18(12-13-20(19)25-22(21)24)11-9-8-10-14-26(5)23(2,3)4/h12-13,16-17H,6-11,14-15H2,1-5H3,(H2,24,25). The van der Waals surface area contributed by atoms with Gasteiger partial charge in [-0.1, -0.05) is 25.8 Å². The lowest BCUT2D eigenvalue weighted by Gasteiger charge is -2.31. The van der Waals surface area contributed by atoms with E-state index >= 15 is 0 Å². The molecule has 4 heteroatoms. The summed E-state index contributed by atoms with van der Waals surface area (Å²) in [6.07, 6.45) is 6.95. The molecule has 4 nitrogen and oxygen atoms in total. The normalized spacial score (nSPS) is 12.1. The molecule has 0 bridgehead atoms. The van der Waals surface area contributed by atoms with Gasteiger partial charge in [-0.15, -0.1) is 0 Å². The fourth-order valence-corrected chi connectivity index (χ4v) is 3.01. The molecule has 2 N–H and O–H groups in total. The largest absolute Gasteiger partial charge is 0.490 e. The minimum absolute atomic E-state index is 0.254. The van der Waals surface area contributed by atoms with Crippen molar-refractivity contribution >= 4 is 16.7 Å². The Balaban J connectivity index is 1.90. The summed E-state index contributed by atoms with van der Waals surface area (Å²) in [4.78, 5) is 6.92. The van der Waals surface area contributed by atoms with E-state index in [4.69, 9.17) is 10.5 Å². The average Bonchev–Trinajstić information content (AvgIpc) is 2.61. The van der Waals surface area contributed by atoms with Crippen LogP contribution in [0.5, 0.6) is 5.75 Å². The van der Waals surface area contributed by atoms with E-state index < -0.39 is 0 Å². The third-order valence-electron chi connectivity index (χ3n) is 5.23. The molecule has 150 valence electrons. The molecule has 2 rings (SSSR count). The zero-order valence-electron chi connectivity index (χ0n) is 17.8. The zero-order valence-corrected chi connectivity index (χ0v) is 17.8. The molecule has 0 fully saturated rings. The van der Waals surface area contributed by atoms with Crippen molar-refractivity contribution in [2.24, 2.45) is 0 Å². The smallest absolute Gasteiger partial charge is 0.166 e. The molecule has 1 aromatic carbocycles. The molecule has 0 spiro atoms. The van der Waals surface area contributed by atoms with Crippen LogP contribution in [0.4, 0.5) is 5.82 Å². The molecule has 0 aliphatic rings. The van der Waals surface area contributed by atoms with Crippen LogP contribution in [0.15, 0.2) is 24.3 Å². The number of benzene rings is 1. The summed E-state index contributed by atoms with van der Waals surface area (Å²) >= 11 is 0. The quantitative estimate of drug-likeness (QED) is 0.565.